The molecule has 0 aliphatic heterocycles. The first-order chi connectivity index (χ1) is 6.85. The topological polar surface area (TPSA) is 17.1 Å². The molecule has 0 radical (unpaired) electrons. The first-order valence-corrected chi connectivity index (χ1v) is 4.90. The van der Waals surface area contributed by atoms with Gasteiger partial charge in [0.2, 0.25) is 5.78 Å². The van der Waals surface area contributed by atoms with Crippen molar-refractivity contribution in [3.05, 3.63) is 33.4 Å². The summed E-state index contributed by atoms with van der Waals surface area (Å²) in [5.74, 6) is -6.47. The van der Waals surface area contributed by atoms with E-state index in [2.05, 4.69) is 0 Å². The van der Waals surface area contributed by atoms with Crippen LogP contribution in [-0.4, -0.2) is 18.1 Å². The van der Waals surface area contributed by atoms with Gasteiger partial charge >= 0.3 is 12.3 Å². The highest BCUT2D eigenvalue weighted by Gasteiger charge is 2.48. The fourth-order valence-corrected chi connectivity index (χ4v) is 1.25. The van der Waals surface area contributed by atoms with Gasteiger partial charge in [-0.3, -0.25) is 4.79 Å². The van der Waals surface area contributed by atoms with Crippen LogP contribution in [0.1, 0.15) is 10.4 Å². The van der Waals surface area contributed by atoms with Gasteiger partial charge in [-0.1, -0.05) is 12.1 Å². The number of rotatable bonds is 3. The maximum absolute atomic E-state index is 12.6. The van der Waals surface area contributed by atoms with E-state index in [1.807, 2.05) is 22.6 Å². The van der Waals surface area contributed by atoms with Crippen LogP contribution >= 0.6 is 22.6 Å². The highest BCUT2D eigenvalue weighted by Crippen LogP contribution is 2.27. The predicted octanol–water partition coefficient (Wildman–Crippen LogP) is 3.37. The molecule has 1 aromatic carbocycles. The minimum Gasteiger partial charge on any atom is -0.287 e. The van der Waals surface area contributed by atoms with E-state index in [-0.39, 0.29) is 0 Å². The monoisotopic (exact) mass is 332 g/mol. The molecule has 0 atom stereocenters. The van der Waals surface area contributed by atoms with Crippen molar-refractivity contribution < 1.29 is 22.4 Å². The van der Waals surface area contributed by atoms with E-state index in [9.17, 15) is 22.4 Å². The molecule has 0 unspecified atom stereocenters. The van der Waals surface area contributed by atoms with Crippen molar-refractivity contribution >= 4 is 28.4 Å². The smallest absolute Gasteiger partial charge is 0.287 e. The lowest BCUT2D eigenvalue weighted by molar-refractivity contribution is -0.0958. The number of halogens is 5. The molecule has 0 aliphatic carbocycles. The van der Waals surface area contributed by atoms with E-state index >= 15 is 0 Å². The van der Waals surface area contributed by atoms with E-state index in [0.717, 1.165) is 15.7 Å². The summed E-state index contributed by atoms with van der Waals surface area (Å²) in [4.78, 5) is 11.0. The Morgan fingerprint density at radius 1 is 1.20 bits per heavy atom. The zero-order valence-electron chi connectivity index (χ0n) is 7.18. The lowest BCUT2D eigenvalue weighted by atomic mass is 10.1. The van der Waals surface area contributed by atoms with Gasteiger partial charge in [0.1, 0.15) is 0 Å². The van der Waals surface area contributed by atoms with Crippen molar-refractivity contribution in [3.63, 3.8) is 0 Å². The molecule has 0 N–H and O–H groups in total. The van der Waals surface area contributed by atoms with Gasteiger partial charge in [-0.05, 0) is 34.7 Å². The summed E-state index contributed by atoms with van der Waals surface area (Å²) >= 11 is 1.91. The van der Waals surface area contributed by atoms with E-state index in [1.54, 1.807) is 0 Å². The summed E-state index contributed by atoms with van der Waals surface area (Å²) in [6.45, 7) is 0. The Bertz CT molecular complexity index is 361. The maximum Gasteiger partial charge on any atom is 0.368 e. The molecular weight excluding hydrogens is 327 g/mol. The molecule has 0 saturated carbocycles. The Morgan fingerprint density at radius 3 is 2.07 bits per heavy atom. The molecule has 1 nitrogen and oxygen atoms in total. The van der Waals surface area contributed by atoms with Crippen LogP contribution in [0.15, 0.2) is 24.3 Å². The number of alkyl halides is 4. The molecule has 0 fully saturated rings. The molecule has 0 saturated heterocycles. The van der Waals surface area contributed by atoms with Crippen LogP contribution in [-0.2, 0) is 0 Å². The molecule has 15 heavy (non-hydrogen) atoms. The van der Waals surface area contributed by atoms with Crippen molar-refractivity contribution in [2.45, 2.75) is 12.3 Å². The second kappa shape index (κ2) is 4.46. The molecule has 1 aromatic rings. The van der Waals surface area contributed by atoms with Crippen LogP contribution in [0.3, 0.4) is 0 Å². The normalized spacial score (nSPS) is 11.9. The zero-order valence-corrected chi connectivity index (χ0v) is 9.34. The Labute approximate surface area is 96.6 Å². The lowest BCUT2D eigenvalue weighted by Crippen LogP contribution is -2.36. The van der Waals surface area contributed by atoms with Gasteiger partial charge in [-0.25, -0.2) is 8.78 Å². The molecule has 1 rings (SSSR count). The molecule has 6 heteroatoms. The Balaban J connectivity index is 3.00. The zero-order chi connectivity index (χ0) is 11.6. The minimum absolute atomic E-state index is 0.416. The van der Waals surface area contributed by atoms with Gasteiger partial charge in [0.15, 0.2) is 0 Å². The van der Waals surface area contributed by atoms with Gasteiger partial charge in [0.05, 0.1) is 0 Å². The fraction of sp³-hybridized carbons (Fsp3) is 0.222. The first kappa shape index (κ1) is 12.4. The second-order valence-electron chi connectivity index (χ2n) is 2.76. The van der Waals surface area contributed by atoms with E-state index in [4.69, 9.17) is 0 Å². The molecule has 0 aromatic heterocycles. The standard InChI is InChI=1S/C9H5F4IO/c10-8(11)9(12,13)7(15)5-1-3-6(14)4-2-5/h1-4,8H. The summed E-state index contributed by atoms with van der Waals surface area (Å²) in [5, 5.41) is 0. The predicted molar refractivity (Wildman–Crippen MR) is 54.4 cm³/mol. The maximum atomic E-state index is 12.6. The van der Waals surface area contributed by atoms with Crippen LogP contribution < -0.4 is 0 Å². The number of Topliss-reactive ketones (excluding diaryl/α,β-unsaturated/α-hetero) is 1. The molecule has 0 heterocycles. The Morgan fingerprint density at radius 2 is 1.67 bits per heavy atom. The van der Waals surface area contributed by atoms with Gasteiger partial charge in [0, 0.05) is 9.13 Å². The number of benzene rings is 1. The van der Waals surface area contributed by atoms with Gasteiger partial charge in [-0.15, -0.1) is 0 Å². The number of carbonyl (C=O) groups is 1. The molecule has 82 valence electrons. The quantitative estimate of drug-likeness (QED) is 0.471. The van der Waals surface area contributed by atoms with Gasteiger partial charge in [-0.2, -0.15) is 8.78 Å². The summed E-state index contributed by atoms with van der Waals surface area (Å²) in [6, 6.07) is 4.99. The van der Waals surface area contributed by atoms with Crippen molar-refractivity contribution in [1.29, 1.82) is 0 Å². The molecule has 0 aliphatic rings. The molecular formula is C9H5F4IO. The van der Waals surface area contributed by atoms with E-state index < -0.39 is 23.7 Å². The number of carbonyl (C=O) groups excluding carboxylic acids is 1. The average Bonchev–Trinajstić information content (AvgIpc) is 2.17. The van der Waals surface area contributed by atoms with Crippen LogP contribution in [0.4, 0.5) is 17.6 Å². The average molecular weight is 332 g/mol. The van der Waals surface area contributed by atoms with Gasteiger partial charge < -0.3 is 0 Å². The lowest BCUT2D eigenvalue weighted by Gasteiger charge is -2.13. The van der Waals surface area contributed by atoms with Crippen LogP contribution in [0.2, 0.25) is 0 Å². The highest BCUT2D eigenvalue weighted by atomic mass is 127. The summed E-state index contributed by atoms with van der Waals surface area (Å²) in [6.07, 6.45) is -3.98. The fourth-order valence-electron chi connectivity index (χ4n) is 0.893. The van der Waals surface area contributed by atoms with E-state index in [0.29, 0.717) is 0 Å². The summed E-state index contributed by atoms with van der Waals surface area (Å²) in [5.41, 5.74) is -0.416. The van der Waals surface area contributed by atoms with Crippen molar-refractivity contribution in [2.75, 3.05) is 0 Å². The Kier molecular flexibility index (Phi) is 3.69. The molecule has 0 spiro atoms. The van der Waals surface area contributed by atoms with Gasteiger partial charge in [0.25, 0.3) is 0 Å². The molecule has 0 bridgehead atoms. The van der Waals surface area contributed by atoms with Crippen LogP contribution in [0.5, 0.6) is 0 Å². The van der Waals surface area contributed by atoms with Crippen molar-refractivity contribution in [2.24, 2.45) is 0 Å². The van der Waals surface area contributed by atoms with Crippen LogP contribution in [0, 0.1) is 3.57 Å². The Hall–Kier alpha value is -0.660. The number of ketones is 1. The number of hydrogen-bond acceptors (Lipinski definition) is 1. The van der Waals surface area contributed by atoms with Crippen molar-refractivity contribution in [1.82, 2.24) is 0 Å². The summed E-state index contributed by atoms with van der Waals surface area (Å²) in [7, 11) is 0. The third-order valence-electron chi connectivity index (χ3n) is 1.68. The third-order valence-corrected chi connectivity index (χ3v) is 2.40. The highest BCUT2D eigenvalue weighted by molar-refractivity contribution is 14.1. The largest absolute Gasteiger partial charge is 0.368 e. The summed E-state index contributed by atoms with van der Waals surface area (Å²) < 4.78 is 49.7. The van der Waals surface area contributed by atoms with E-state index in [1.165, 1.54) is 12.1 Å². The van der Waals surface area contributed by atoms with Crippen LogP contribution in [0.25, 0.3) is 0 Å². The molecule has 0 amide bonds. The SMILES string of the molecule is O=C(c1ccc(I)cc1)C(F)(F)C(F)F. The minimum atomic E-state index is -4.62. The van der Waals surface area contributed by atoms with Crippen molar-refractivity contribution in [3.8, 4) is 0 Å². The second-order valence-corrected chi connectivity index (χ2v) is 4.01. The third kappa shape index (κ3) is 2.67. The number of hydrogen-bond donors (Lipinski definition) is 0. The first-order valence-electron chi connectivity index (χ1n) is 3.82.